The van der Waals surface area contributed by atoms with Gasteiger partial charge in [0.1, 0.15) is 0 Å². The van der Waals surface area contributed by atoms with E-state index in [4.69, 9.17) is 5.11 Å². The Labute approximate surface area is 187 Å². The Morgan fingerprint density at radius 1 is 1.37 bits per heavy atom. The molecule has 1 saturated heterocycles. The minimum atomic E-state index is -0.983. The van der Waals surface area contributed by atoms with E-state index in [1.807, 2.05) is 6.92 Å². The topological polar surface area (TPSA) is 103 Å². The second-order valence-electron chi connectivity index (χ2n) is 6.85. The van der Waals surface area contributed by atoms with E-state index in [0.717, 1.165) is 40.1 Å². The Hall–Kier alpha value is -2.08. The van der Waals surface area contributed by atoms with Crippen molar-refractivity contribution in [3.8, 4) is 0 Å². The number of nitrogens with one attached hydrogen (secondary N) is 1. The highest BCUT2D eigenvalue weighted by Gasteiger charge is 2.32. The lowest BCUT2D eigenvalue weighted by atomic mass is 10.1. The van der Waals surface area contributed by atoms with Gasteiger partial charge in [-0.2, -0.15) is 4.39 Å². The van der Waals surface area contributed by atoms with Crippen LogP contribution in [0.5, 0.6) is 0 Å². The number of carboxylic acid groups (broad SMARTS) is 1. The molecule has 0 bridgehead atoms. The lowest BCUT2D eigenvalue weighted by molar-refractivity contribution is -0.139. The molecule has 1 unspecified atom stereocenters. The first kappa shape index (κ1) is 24.2. The number of likely N-dealkylation sites (N-methyl/N-ethyl adjacent to an activating group) is 1. The Morgan fingerprint density at radius 3 is 2.73 bits per heavy atom. The standard InChI is InChI=1S/C18H21FN4O4S2.ClH/c1-10-11(17(27)21-18-20-7-14(19)29-18)6-13(28-10)12-4-3-5-23(12)15(24)8-22(2)9-16(25)26;/h6-7,12H,3-5,8-9H2,1-2H3,(H,25,26)(H,20,21,27);1H. The SMILES string of the molecule is Cc1sc(C2CCCN2C(=O)CN(C)CC(=O)O)cc1C(=O)Nc1ncc(F)s1.Cl. The molecule has 12 heteroatoms. The number of rotatable bonds is 7. The van der Waals surface area contributed by atoms with Crippen LogP contribution in [0.4, 0.5) is 9.52 Å². The number of hydrogen-bond donors (Lipinski definition) is 2. The molecule has 2 amide bonds. The average molecular weight is 477 g/mol. The van der Waals surface area contributed by atoms with Crippen LogP contribution in [0.15, 0.2) is 12.3 Å². The lowest BCUT2D eigenvalue weighted by Crippen LogP contribution is -2.40. The van der Waals surface area contributed by atoms with E-state index in [1.54, 1.807) is 18.0 Å². The Kier molecular flexibility index (Phi) is 8.30. The molecule has 0 saturated carbocycles. The first-order chi connectivity index (χ1) is 13.7. The summed E-state index contributed by atoms with van der Waals surface area (Å²) >= 11 is 2.21. The highest BCUT2D eigenvalue weighted by molar-refractivity contribution is 7.14. The van der Waals surface area contributed by atoms with Crippen LogP contribution in [0, 0.1) is 12.1 Å². The normalized spacial score (nSPS) is 15.9. The van der Waals surface area contributed by atoms with Crippen LogP contribution in [0.2, 0.25) is 0 Å². The number of hydrogen-bond acceptors (Lipinski definition) is 7. The summed E-state index contributed by atoms with van der Waals surface area (Å²) in [6, 6.07) is 1.64. The monoisotopic (exact) mass is 476 g/mol. The first-order valence-corrected chi connectivity index (χ1v) is 10.6. The van der Waals surface area contributed by atoms with Gasteiger partial charge in [-0.25, -0.2) is 4.98 Å². The number of aryl methyl sites for hydroxylation is 1. The molecule has 8 nitrogen and oxygen atoms in total. The minimum Gasteiger partial charge on any atom is -0.480 e. The number of likely N-dealkylation sites (tertiary alicyclic amines) is 1. The maximum absolute atomic E-state index is 13.1. The van der Waals surface area contributed by atoms with Crippen molar-refractivity contribution in [2.75, 3.05) is 32.0 Å². The van der Waals surface area contributed by atoms with Crippen molar-refractivity contribution in [1.29, 1.82) is 0 Å². The fraction of sp³-hybridized carbons (Fsp3) is 0.444. The van der Waals surface area contributed by atoms with Crippen molar-refractivity contribution in [3.63, 3.8) is 0 Å². The zero-order valence-corrected chi connectivity index (χ0v) is 18.8. The molecule has 2 aromatic rings. The highest BCUT2D eigenvalue weighted by atomic mass is 35.5. The van der Waals surface area contributed by atoms with E-state index >= 15 is 0 Å². The molecule has 1 fully saturated rings. The summed E-state index contributed by atoms with van der Waals surface area (Å²) in [7, 11) is 1.59. The summed E-state index contributed by atoms with van der Waals surface area (Å²) in [6.07, 6.45) is 2.68. The molecule has 1 aliphatic heterocycles. The second-order valence-corrected chi connectivity index (χ2v) is 9.12. The molecule has 30 heavy (non-hydrogen) atoms. The maximum atomic E-state index is 13.1. The van der Waals surface area contributed by atoms with Gasteiger partial charge in [0.2, 0.25) is 5.91 Å². The van der Waals surface area contributed by atoms with E-state index in [0.29, 0.717) is 12.1 Å². The van der Waals surface area contributed by atoms with Crippen LogP contribution in [-0.2, 0) is 9.59 Å². The van der Waals surface area contributed by atoms with Gasteiger partial charge in [-0.1, -0.05) is 11.3 Å². The number of nitrogens with zero attached hydrogens (tertiary/aromatic N) is 3. The minimum absolute atomic E-state index is 0. The number of thiazole rings is 1. The third kappa shape index (κ3) is 5.75. The number of aromatic nitrogens is 1. The lowest BCUT2D eigenvalue weighted by Gasteiger charge is -2.26. The van der Waals surface area contributed by atoms with Gasteiger partial charge in [0.05, 0.1) is 30.9 Å². The quantitative estimate of drug-likeness (QED) is 0.636. The number of amides is 2. The molecular formula is C18H22ClFN4O4S2. The zero-order chi connectivity index (χ0) is 21.1. The summed E-state index contributed by atoms with van der Waals surface area (Å²) in [5.74, 6) is -1.48. The Balaban J connectivity index is 0.00000320. The largest absolute Gasteiger partial charge is 0.480 e. The van der Waals surface area contributed by atoms with Crippen molar-refractivity contribution >= 4 is 58.0 Å². The fourth-order valence-electron chi connectivity index (χ4n) is 3.34. The molecular weight excluding hydrogens is 455 g/mol. The summed E-state index contributed by atoms with van der Waals surface area (Å²) < 4.78 is 13.1. The van der Waals surface area contributed by atoms with Gasteiger partial charge in [0.25, 0.3) is 5.91 Å². The van der Waals surface area contributed by atoms with Gasteiger partial charge in [-0.05, 0) is 32.9 Å². The number of aliphatic carboxylic acids is 1. The number of halogens is 2. The average Bonchev–Trinajstić information content (AvgIpc) is 3.33. The summed E-state index contributed by atoms with van der Waals surface area (Å²) in [6.45, 7) is 2.24. The second kappa shape index (κ2) is 10.3. The van der Waals surface area contributed by atoms with Gasteiger partial charge < -0.3 is 10.0 Å². The van der Waals surface area contributed by atoms with E-state index in [9.17, 15) is 18.8 Å². The molecule has 1 atom stereocenters. The van der Waals surface area contributed by atoms with Gasteiger partial charge >= 0.3 is 5.97 Å². The van der Waals surface area contributed by atoms with Gasteiger partial charge in [-0.15, -0.1) is 23.7 Å². The van der Waals surface area contributed by atoms with Crippen LogP contribution in [0.1, 0.15) is 39.0 Å². The molecule has 3 rings (SSSR count). The third-order valence-corrected chi connectivity index (χ3v) is 6.44. The van der Waals surface area contributed by atoms with Crippen LogP contribution in [0.25, 0.3) is 0 Å². The number of anilines is 1. The van der Waals surface area contributed by atoms with E-state index in [1.165, 1.54) is 16.2 Å². The van der Waals surface area contributed by atoms with Crippen molar-refractivity contribution in [3.05, 3.63) is 32.7 Å². The van der Waals surface area contributed by atoms with Crippen LogP contribution in [0.3, 0.4) is 0 Å². The molecule has 0 radical (unpaired) electrons. The Morgan fingerprint density at radius 2 is 2.10 bits per heavy atom. The summed E-state index contributed by atoms with van der Waals surface area (Å²) in [5, 5.41) is 11.2. The van der Waals surface area contributed by atoms with Crippen molar-refractivity contribution < 1.29 is 23.9 Å². The molecule has 1 aliphatic rings. The van der Waals surface area contributed by atoms with Crippen molar-refractivity contribution in [2.24, 2.45) is 0 Å². The van der Waals surface area contributed by atoms with Crippen LogP contribution in [-0.4, -0.2) is 64.4 Å². The number of thiophene rings is 1. The van der Waals surface area contributed by atoms with Crippen molar-refractivity contribution in [2.45, 2.75) is 25.8 Å². The highest BCUT2D eigenvalue weighted by Crippen LogP contribution is 2.37. The van der Waals surface area contributed by atoms with Crippen LogP contribution < -0.4 is 5.32 Å². The van der Waals surface area contributed by atoms with Crippen LogP contribution >= 0.6 is 35.1 Å². The Bertz CT molecular complexity index is 935. The zero-order valence-electron chi connectivity index (χ0n) is 16.4. The fourth-order valence-corrected chi connectivity index (χ4v) is 5.05. The van der Waals surface area contributed by atoms with E-state index in [-0.39, 0.29) is 48.5 Å². The summed E-state index contributed by atoms with van der Waals surface area (Å²) in [4.78, 5) is 44.7. The van der Waals surface area contributed by atoms with E-state index < -0.39 is 11.1 Å². The van der Waals surface area contributed by atoms with E-state index in [2.05, 4.69) is 10.3 Å². The molecule has 0 aliphatic carbocycles. The molecule has 164 valence electrons. The third-order valence-electron chi connectivity index (χ3n) is 4.59. The predicted octanol–water partition coefficient (Wildman–Crippen LogP) is 3.01. The van der Waals surface area contributed by atoms with Crippen molar-refractivity contribution in [1.82, 2.24) is 14.8 Å². The first-order valence-electron chi connectivity index (χ1n) is 8.97. The number of carbonyl (C=O) groups excluding carboxylic acids is 2. The molecule has 3 heterocycles. The molecule has 0 aromatic carbocycles. The molecule has 2 aromatic heterocycles. The van der Waals surface area contributed by atoms with Gasteiger partial charge in [-0.3, -0.25) is 24.6 Å². The van der Waals surface area contributed by atoms with Gasteiger partial charge in [0, 0.05) is 16.3 Å². The maximum Gasteiger partial charge on any atom is 0.317 e. The molecule has 2 N–H and O–H groups in total. The summed E-state index contributed by atoms with van der Waals surface area (Å²) in [5.41, 5.74) is 0.475. The van der Waals surface area contributed by atoms with Gasteiger partial charge in [0.15, 0.2) is 10.3 Å². The molecule has 0 spiro atoms. The smallest absolute Gasteiger partial charge is 0.317 e. The number of carboxylic acids is 1. The predicted molar refractivity (Wildman–Crippen MR) is 115 cm³/mol. The number of carbonyl (C=O) groups is 3.